The number of hydrogen-bond acceptors (Lipinski definition) is 3. The van der Waals surface area contributed by atoms with E-state index in [9.17, 15) is 13.6 Å². The van der Waals surface area contributed by atoms with E-state index in [1.165, 1.54) is 6.07 Å². The van der Waals surface area contributed by atoms with E-state index in [0.29, 0.717) is 36.6 Å². The molecule has 0 saturated carbocycles. The third kappa shape index (κ3) is 4.70. The molecule has 3 aromatic carbocycles. The summed E-state index contributed by atoms with van der Waals surface area (Å²) in [4.78, 5) is 14.4. The second-order valence-corrected chi connectivity index (χ2v) is 8.30. The van der Waals surface area contributed by atoms with Crippen LogP contribution in [0.3, 0.4) is 0 Å². The summed E-state index contributed by atoms with van der Waals surface area (Å²) in [5.74, 6) is 0.383. The minimum absolute atomic E-state index is 0.0397. The molecule has 1 unspecified atom stereocenters. The third-order valence-electron chi connectivity index (χ3n) is 5.08. The monoisotopic (exact) mass is 413 g/mol. The number of ether oxygens (including phenoxy) is 1. The van der Waals surface area contributed by atoms with E-state index >= 15 is 0 Å². The maximum absolute atomic E-state index is 14.1. The Labute approximate surface area is 172 Å². The molecular formula is C23H21F2NO2S. The molecule has 0 aromatic heterocycles. The first-order chi connectivity index (χ1) is 14.1. The van der Waals surface area contributed by atoms with Crippen molar-refractivity contribution in [1.29, 1.82) is 0 Å². The fraction of sp³-hybridized carbons (Fsp3) is 0.261. The first-order valence-electron chi connectivity index (χ1n) is 9.56. The molecule has 3 nitrogen and oxygen atoms in total. The minimum atomic E-state index is -0.442. The summed E-state index contributed by atoms with van der Waals surface area (Å²) in [6, 6.07) is 17.3. The maximum atomic E-state index is 14.1. The fourth-order valence-corrected chi connectivity index (χ4v) is 4.77. The van der Waals surface area contributed by atoms with Crippen molar-refractivity contribution in [2.75, 3.05) is 25.4 Å². The van der Waals surface area contributed by atoms with Gasteiger partial charge >= 0.3 is 0 Å². The van der Waals surface area contributed by atoms with Crippen molar-refractivity contribution < 1.29 is 18.3 Å². The van der Waals surface area contributed by atoms with E-state index < -0.39 is 11.6 Å². The van der Waals surface area contributed by atoms with Crippen molar-refractivity contribution in [2.45, 2.75) is 11.7 Å². The summed E-state index contributed by atoms with van der Waals surface area (Å²) in [5.41, 5.74) is 0.372. The molecule has 3 aromatic rings. The number of hydrogen-bond donors (Lipinski definition) is 0. The molecule has 1 saturated heterocycles. The SMILES string of the molecule is O=C(COc1ccc2ccccc2c1)N1CCSC(c2cc(F)ccc2F)CC1. The summed E-state index contributed by atoms with van der Waals surface area (Å²) < 4.78 is 33.3. The molecule has 1 atom stereocenters. The number of rotatable bonds is 4. The van der Waals surface area contributed by atoms with Crippen molar-refractivity contribution in [3.8, 4) is 5.75 Å². The van der Waals surface area contributed by atoms with Gasteiger partial charge in [-0.1, -0.05) is 30.3 Å². The van der Waals surface area contributed by atoms with Gasteiger partial charge in [0, 0.05) is 29.7 Å². The number of nitrogens with zero attached hydrogens (tertiary/aromatic N) is 1. The van der Waals surface area contributed by atoms with Crippen LogP contribution in [0.25, 0.3) is 10.8 Å². The Kier molecular flexibility index (Phi) is 6.00. The van der Waals surface area contributed by atoms with Crippen molar-refractivity contribution in [1.82, 2.24) is 4.90 Å². The molecule has 1 amide bonds. The highest BCUT2D eigenvalue weighted by Crippen LogP contribution is 2.36. The van der Waals surface area contributed by atoms with E-state index in [-0.39, 0.29) is 17.8 Å². The first kappa shape index (κ1) is 19.7. The summed E-state index contributed by atoms with van der Waals surface area (Å²) in [5, 5.41) is 2.01. The van der Waals surface area contributed by atoms with Crippen LogP contribution in [0, 0.1) is 11.6 Å². The van der Waals surface area contributed by atoms with Crippen LogP contribution in [-0.2, 0) is 4.79 Å². The van der Waals surface area contributed by atoms with Crippen LogP contribution >= 0.6 is 11.8 Å². The van der Waals surface area contributed by atoms with Gasteiger partial charge in [-0.05, 0) is 47.5 Å². The molecule has 0 N–H and O–H groups in total. The third-order valence-corrected chi connectivity index (χ3v) is 6.39. The minimum Gasteiger partial charge on any atom is -0.484 e. The Bertz CT molecular complexity index is 1030. The van der Waals surface area contributed by atoms with E-state index in [0.717, 1.165) is 22.9 Å². The molecule has 0 aliphatic carbocycles. The van der Waals surface area contributed by atoms with Gasteiger partial charge in [0.1, 0.15) is 17.4 Å². The molecule has 0 spiro atoms. The van der Waals surface area contributed by atoms with Crippen LogP contribution in [0.2, 0.25) is 0 Å². The van der Waals surface area contributed by atoms with E-state index in [4.69, 9.17) is 4.74 Å². The van der Waals surface area contributed by atoms with Gasteiger partial charge in [-0.25, -0.2) is 8.78 Å². The largest absolute Gasteiger partial charge is 0.484 e. The van der Waals surface area contributed by atoms with E-state index in [2.05, 4.69) is 0 Å². The molecule has 4 rings (SSSR count). The Balaban J connectivity index is 1.36. The first-order valence-corrected chi connectivity index (χ1v) is 10.6. The number of halogens is 2. The van der Waals surface area contributed by atoms with Gasteiger partial charge in [-0.3, -0.25) is 4.79 Å². The van der Waals surface area contributed by atoms with Crippen molar-refractivity contribution in [3.05, 3.63) is 77.9 Å². The second-order valence-electron chi connectivity index (χ2n) is 6.99. The average molecular weight is 413 g/mol. The van der Waals surface area contributed by atoms with Gasteiger partial charge in [0.15, 0.2) is 6.61 Å². The molecular weight excluding hydrogens is 392 g/mol. The van der Waals surface area contributed by atoms with Crippen LogP contribution in [0.1, 0.15) is 17.2 Å². The number of carbonyl (C=O) groups excluding carboxylic acids is 1. The number of fused-ring (bicyclic) bond motifs is 1. The summed E-state index contributed by atoms with van der Waals surface area (Å²) in [7, 11) is 0. The second kappa shape index (κ2) is 8.82. The predicted molar refractivity (Wildman–Crippen MR) is 112 cm³/mol. The van der Waals surface area contributed by atoms with Crippen LogP contribution in [0.4, 0.5) is 8.78 Å². The van der Waals surface area contributed by atoms with E-state index in [1.807, 2.05) is 42.5 Å². The zero-order valence-electron chi connectivity index (χ0n) is 15.8. The molecule has 1 fully saturated rings. The van der Waals surface area contributed by atoms with Crippen LogP contribution in [0.5, 0.6) is 5.75 Å². The zero-order valence-corrected chi connectivity index (χ0v) is 16.6. The van der Waals surface area contributed by atoms with Gasteiger partial charge in [0.25, 0.3) is 5.91 Å². The molecule has 1 heterocycles. The predicted octanol–water partition coefficient (Wildman–Crippen LogP) is 5.20. The number of carbonyl (C=O) groups is 1. The van der Waals surface area contributed by atoms with Crippen molar-refractivity contribution >= 4 is 28.4 Å². The van der Waals surface area contributed by atoms with Crippen molar-refractivity contribution in [2.24, 2.45) is 0 Å². The van der Waals surface area contributed by atoms with Gasteiger partial charge in [0.2, 0.25) is 0 Å². The topological polar surface area (TPSA) is 29.5 Å². The molecule has 150 valence electrons. The van der Waals surface area contributed by atoms with E-state index in [1.54, 1.807) is 16.7 Å². The standard InChI is InChI=1S/C23H21F2NO2S/c24-18-6-8-21(25)20(14-18)22-9-10-26(11-12-29-22)23(27)15-28-19-7-5-16-3-1-2-4-17(16)13-19/h1-8,13-14,22H,9-12,15H2. The molecule has 1 aliphatic rings. The Morgan fingerprint density at radius 2 is 1.86 bits per heavy atom. The van der Waals surface area contributed by atoms with Crippen LogP contribution in [0.15, 0.2) is 60.7 Å². The fourth-order valence-electron chi connectivity index (χ4n) is 3.52. The van der Waals surface area contributed by atoms with Crippen molar-refractivity contribution in [3.63, 3.8) is 0 Å². The molecule has 0 radical (unpaired) electrons. The lowest BCUT2D eigenvalue weighted by atomic mass is 10.1. The Morgan fingerprint density at radius 1 is 1.03 bits per heavy atom. The van der Waals surface area contributed by atoms with Gasteiger partial charge in [-0.2, -0.15) is 11.8 Å². The molecule has 1 aliphatic heterocycles. The quantitative estimate of drug-likeness (QED) is 0.589. The normalized spacial score (nSPS) is 17.2. The summed E-state index contributed by atoms with van der Waals surface area (Å²) >= 11 is 1.56. The summed E-state index contributed by atoms with van der Waals surface area (Å²) in [6.45, 7) is 1.02. The molecule has 0 bridgehead atoms. The highest BCUT2D eigenvalue weighted by atomic mass is 32.2. The number of amides is 1. The number of benzene rings is 3. The lowest BCUT2D eigenvalue weighted by Gasteiger charge is -2.20. The molecule has 29 heavy (non-hydrogen) atoms. The zero-order chi connectivity index (χ0) is 20.2. The van der Waals surface area contributed by atoms with Gasteiger partial charge in [-0.15, -0.1) is 0 Å². The molecule has 6 heteroatoms. The average Bonchev–Trinajstić information content (AvgIpc) is 3.00. The lowest BCUT2D eigenvalue weighted by molar-refractivity contribution is -0.133. The Morgan fingerprint density at radius 3 is 2.72 bits per heavy atom. The van der Waals surface area contributed by atoms with Gasteiger partial charge < -0.3 is 9.64 Å². The van der Waals surface area contributed by atoms with Gasteiger partial charge in [0.05, 0.1) is 0 Å². The van der Waals surface area contributed by atoms with Crippen LogP contribution in [-0.4, -0.2) is 36.3 Å². The number of thioether (sulfide) groups is 1. The highest BCUT2D eigenvalue weighted by Gasteiger charge is 2.24. The maximum Gasteiger partial charge on any atom is 0.260 e. The summed E-state index contributed by atoms with van der Waals surface area (Å²) in [6.07, 6.45) is 0.576. The Hall–Kier alpha value is -2.60. The highest BCUT2D eigenvalue weighted by molar-refractivity contribution is 7.99. The smallest absolute Gasteiger partial charge is 0.260 e. The van der Waals surface area contributed by atoms with Crippen LogP contribution < -0.4 is 4.74 Å². The lowest BCUT2D eigenvalue weighted by Crippen LogP contribution is -2.36.